The summed E-state index contributed by atoms with van der Waals surface area (Å²) >= 11 is 1.48. The zero-order valence-electron chi connectivity index (χ0n) is 17.7. The van der Waals surface area contributed by atoms with Crippen molar-refractivity contribution < 1.29 is 4.79 Å². The highest BCUT2D eigenvalue weighted by atomic mass is 32.1. The molecule has 32 heavy (non-hydrogen) atoms. The molecule has 0 radical (unpaired) electrons. The number of amides is 1. The molecule has 0 aliphatic rings. The van der Waals surface area contributed by atoms with Crippen LogP contribution in [0.1, 0.15) is 32.1 Å². The van der Waals surface area contributed by atoms with Crippen molar-refractivity contribution in [3.63, 3.8) is 0 Å². The van der Waals surface area contributed by atoms with Gasteiger partial charge in [-0.05, 0) is 24.1 Å². The van der Waals surface area contributed by atoms with Gasteiger partial charge in [-0.15, -0.1) is 11.3 Å². The van der Waals surface area contributed by atoms with E-state index in [0.29, 0.717) is 24.5 Å². The van der Waals surface area contributed by atoms with Crippen molar-refractivity contribution in [1.29, 1.82) is 0 Å². The molecule has 7 heteroatoms. The fourth-order valence-corrected chi connectivity index (χ4v) is 4.79. The molecule has 0 atom stereocenters. The summed E-state index contributed by atoms with van der Waals surface area (Å²) in [6, 6.07) is 22.4. The number of hydrogen-bond acceptors (Lipinski definition) is 4. The number of benzene rings is 2. The van der Waals surface area contributed by atoms with E-state index in [2.05, 4.69) is 39.8 Å². The Balaban J connectivity index is 1.26. The lowest BCUT2D eigenvalue weighted by Gasteiger charge is -2.03. The molecule has 1 amide bonds. The van der Waals surface area contributed by atoms with Gasteiger partial charge >= 0.3 is 0 Å². The summed E-state index contributed by atoms with van der Waals surface area (Å²) in [5.74, 6) is -0.0762. The second-order valence-electron chi connectivity index (χ2n) is 7.77. The summed E-state index contributed by atoms with van der Waals surface area (Å²) in [4.78, 5) is 14.5. The van der Waals surface area contributed by atoms with E-state index in [0.717, 1.165) is 21.5 Å². The van der Waals surface area contributed by atoms with Crippen molar-refractivity contribution in [3.8, 4) is 0 Å². The standard InChI is InChI=1S/C25H23N5OS/c1-18-22-12-23(32-25(22)30(28-18)17-20-10-6-3-7-11-20)24(31)26-13-21-14-27-29(16-21)15-19-8-4-2-5-9-19/h2-12,14,16H,13,15,17H2,1H3,(H,26,31). The molecule has 3 aromatic heterocycles. The van der Waals surface area contributed by atoms with Crippen LogP contribution in [0.4, 0.5) is 0 Å². The monoisotopic (exact) mass is 441 g/mol. The summed E-state index contributed by atoms with van der Waals surface area (Å²) in [5.41, 5.74) is 4.29. The largest absolute Gasteiger partial charge is 0.347 e. The Labute approximate surface area is 190 Å². The van der Waals surface area contributed by atoms with Crippen LogP contribution in [0.15, 0.2) is 79.1 Å². The van der Waals surface area contributed by atoms with Crippen LogP contribution in [0.5, 0.6) is 0 Å². The van der Waals surface area contributed by atoms with Crippen LogP contribution >= 0.6 is 11.3 Å². The van der Waals surface area contributed by atoms with Gasteiger partial charge in [-0.1, -0.05) is 60.7 Å². The maximum atomic E-state index is 12.8. The Morgan fingerprint density at radius 2 is 1.66 bits per heavy atom. The lowest BCUT2D eigenvalue weighted by molar-refractivity contribution is 0.0955. The van der Waals surface area contributed by atoms with Crippen molar-refractivity contribution in [2.75, 3.05) is 0 Å². The predicted octanol–water partition coefficient (Wildman–Crippen LogP) is 4.63. The van der Waals surface area contributed by atoms with Crippen LogP contribution in [0.25, 0.3) is 10.2 Å². The maximum absolute atomic E-state index is 12.8. The maximum Gasteiger partial charge on any atom is 0.261 e. The average molecular weight is 442 g/mol. The molecule has 3 heterocycles. The summed E-state index contributed by atoms with van der Waals surface area (Å²) in [6.07, 6.45) is 3.77. The van der Waals surface area contributed by atoms with Gasteiger partial charge in [0.25, 0.3) is 5.91 Å². The molecule has 0 unspecified atom stereocenters. The van der Waals surface area contributed by atoms with Gasteiger partial charge in [-0.3, -0.25) is 14.2 Å². The first-order valence-corrected chi connectivity index (χ1v) is 11.3. The summed E-state index contributed by atoms with van der Waals surface area (Å²) in [7, 11) is 0. The number of carbonyl (C=O) groups is 1. The third kappa shape index (κ3) is 4.33. The van der Waals surface area contributed by atoms with Crippen LogP contribution in [0, 0.1) is 6.92 Å². The Morgan fingerprint density at radius 1 is 0.969 bits per heavy atom. The van der Waals surface area contributed by atoms with E-state index in [-0.39, 0.29) is 5.91 Å². The van der Waals surface area contributed by atoms with Crippen LogP contribution in [0.2, 0.25) is 0 Å². The molecule has 0 bridgehead atoms. The fourth-order valence-electron chi connectivity index (χ4n) is 3.71. The Morgan fingerprint density at radius 3 is 2.38 bits per heavy atom. The number of rotatable bonds is 7. The molecule has 5 rings (SSSR count). The van der Waals surface area contributed by atoms with Crippen LogP contribution < -0.4 is 5.32 Å². The number of fused-ring (bicyclic) bond motifs is 1. The molecule has 0 spiro atoms. The van der Waals surface area contributed by atoms with Gasteiger partial charge in [0, 0.05) is 23.7 Å². The molecule has 2 aromatic carbocycles. The van der Waals surface area contributed by atoms with Crippen LogP contribution in [0.3, 0.4) is 0 Å². The molecular formula is C25H23N5OS. The quantitative estimate of drug-likeness (QED) is 0.401. The number of hydrogen-bond donors (Lipinski definition) is 1. The van der Waals surface area contributed by atoms with Crippen molar-refractivity contribution in [2.24, 2.45) is 0 Å². The van der Waals surface area contributed by atoms with Gasteiger partial charge in [0.15, 0.2) is 0 Å². The SMILES string of the molecule is Cc1nn(Cc2ccccc2)c2sc(C(=O)NCc3cnn(Cc4ccccc4)c3)cc12. The van der Waals surface area contributed by atoms with Gasteiger partial charge in [-0.25, -0.2) is 0 Å². The topological polar surface area (TPSA) is 64.7 Å². The fraction of sp³-hybridized carbons (Fsp3) is 0.160. The smallest absolute Gasteiger partial charge is 0.261 e. The Bertz CT molecular complexity index is 1350. The van der Waals surface area contributed by atoms with E-state index in [1.54, 1.807) is 6.20 Å². The summed E-state index contributed by atoms with van der Waals surface area (Å²) < 4.78 is 3.87. The van der Waals surface area contributed by atoms with Crippen molar-refractivity contribution in [3.05, 3.63) is 106 Å². The number of nitrogens with one attached hydrogen (secondary N) is 1. The highest BCUT2D eigenvalue weighted by Gasteiger charge is 2.16. The zero-order valence-corrected chi connectivity index (χ0v) is 18.5. The minimum Gasteiger partial charge on any atom is -0.347 e. The van der Waals surface area contributed by atoms with Gasteiger partial charge in [0.2, 0.25) is 0 Å². The van der Waals surface area contributed by atoms with Gasteiger partial charge < -0.3 is 5.32 Å². The van der Waals surface area contributed by atoms with Gasteiger partial charge in [0.1, 0.15) is 4.83 Å². The molecule has 6 nitrogen and oxygen atoms in total. The lowest BCUT2D eigenvalue weighted by Crippen LogP contribution is -2.21. The van der Waals surface area contributed by atoms with Crippen molar-refractivity contribution in [2.45, 2.75) is 26.6 Å². The number of carbonyl (C=O) groups excluding carboxylic acids is 1. The Hall–Kier alpha value is -3.71. The van der Waals surface area contributed by atoms with E-state index in [9.17, 15) is 4.79 Å². The molecule has 1 N–H and O–H groups in total. The highest BCUT2D eigenvalue weighted by molar-refractivity contribution is 7.20. The third-order valence-electron chi connectivity index (χ3n) is 5.33. The first-order chi connectivity index (χ1) is 15.7. The minimum atomic E-state index is -0.0762. The van der Waals surface area contributed by atoms with E-state index >= 15 is 0 Å². The molecule has 5 aromatic rings. The van der Waals surface area contributed by atoms with Crippen molar-refractivity contribution in [1.82, 2.24) is 24.9 Å². The zero-order chi connectivity index (χ0) is 21.9. The normalized spacial score (nSPS) is 11.2. The molecule has 0 aliphatic carbocycles. The first-order valence-electron chi connectivity index (χ1n) is 10.5. The highest BCUT2D eigenvalue weighted by Crippen LogP contribution is 2.29. The summed E-state index contributed by atoms with van der Waals surface area (Å²) in [5, 5.41) is 13.1. The number of aryl methyl sites for hydroxylation is 1. The molecule has 160 valence electrons. The third-order valence-corrected chi connectivity index (χ3v) is 6.48. The Kier molecular flexibility index (Phi) is 5.56. The van der Waals surface area contributed by atoms with Gasteiger partial charge in [-0.2, -0.15) is 10.2 Å². The minimum absolute atomic E-state index is 0.0762. The second-order valence-corrected chi connectivity index (χ2v) is 8.80. The molecular weight excluding hydrogens is 418 g/mol. The second kappa shape index (κ2) is 8.80. The van der Waals surface area contributed by atoms with E-state index in [4.69, 9.17) is 0 Å². The number of thiophene rings is 1. The predicted molar refractivity (Wildman–Crippen MR) is 127 cm³/mol. The van der Waals surface area contributed by atoms with Crippen LogP contribution in [-0.2, 0) is 19.6 Å². The number of aromatic nitrogens is 4. The summed E-state index contributed by atoms with van der Waals surface area (Å²) in [6.45, 7) is 3.83. The molecule has 0 saturated carbocycles. The van der Waals surface area contributed by atoms with Crippen molar-refractivity contribution >= 4 is 27.5 Å². The van der Waals surface area contributed by atoms with Crippen LogP contribution in [-0.4, -0.2) is 25.5 Å². The lowest BCUT2D eigenvalue weighted by atomic mass is 10.2. The van der Waals surface area contributed by atoms with E-state index in [1.165, 1.54) is 22.5 Å². The first kappa shape index (κ1) is 20.2. The molecule has 0 aliphatic heterocycles. The molecule has 0 fully saturated rings. The van der Waals surface area contributed by atoms with E-state index < -0.39 is 0 Å². The average Bonchev–Trinajstić information content (AvgIpc) is 3.51. The van der Waals surface area contributed by atoms with Gasteiger partial charge in [0.05, 0.1) is 29.9 Å². The number of nitrogens with zero attached hydrogens (tertiary/aromatic N) is 4. The molecule has 0 saturated heterocycles. The van der Waals surface area contributed by atoms with E-state index in [1.807, 2.05) is 64.9 Å².